The van der Waals surface area contributed by atoms with Gasteiger partial charge >= 0.3 is 5.69 Å². The molecular formula is C10H13FN2O3. The molecule has 88 valence electrons. The minimum Gasteiger partial charge on any atom is -0.485 e. The van der Waals surface area contributed by atoms with Gasteiger partial charge in [0.25, 0.3) is 0 Å². The van der Waals surface area contributed by atoms with Crippen molar-refractivity contribution in [1.29, 1.82) is 0 Å². The molecule has 0 saturated carbocycles. The van der Waals surface area contributed by atoms with Crippen molar-refractivity contribution in [3.05, 3.63) is 34.1 Å². The summed E-state index contributed by atoms with van der Waals surface area (Å²) in [5, 5.41) is 13.6. The Morgan fingerprint density at radius 3 is 2.94 bits per heavy atom. The smallest absolute Gasteiger partial charge is 0.313 e. The van der Waals surface area contributed by atoms with Gasteiger partial charge in [0.15, 0.2) is 5.75 Å². The number of rotatable bonds is 6. The number of benzene rings is 1. The summed E-state index contributed by atoms with van der Waals surface area (Å²) in [6.45, 7) is 3.64. The minimum absolute atomic E-state index is 0.0873. The van der Waals surface area contributed by atoms with Gasteiger partial charge in [-0.05, 0) is 18.7 Å². The Hall–Kier alpha value is -1.69. The SMILES string of the molecule is CCNCCOc1ccc(F)cc1[N+](=O)[O-]. The van der Waals surface area contributed by atoms with Crippen LogP contribution in [0.2, 0.25) is 0 Å². The predicted molar refractivity (Wildman–Crippen MR) is 57.1 cm³/mol. The Morgan fingerprint density at radius 2 is 2.31 bits per heavy atom. The molecule has 1 rings (SSSR count). The quantitative estimate of drug-likeness (QED) is 0.457. The molecule has 0 atom stereocenters. The van der Waals surface area contributed by atoms with Crippen LogP contribution in [-0.4, -0.2) is 24.6 Å². The van der Waals surface area contributed by atoms with Gasteiger partial charge in [-0.25, -0.2) is 4.39 Å². The van der Waals surface area contributed by atoms with Crippen molar-refractivity contribution in [3.63, 3.8) is 0 Å². The number of hydrogen-bond acceptors (Lipinski definition) is 4. The van der Waals surface area contributed by atoms with E-state index in [-0.39, 0.29) is 11.4 Å². The van der Waals surface area contributed by atoms with Gasteiger partial charge in [0.2, 0.25) is 0 Å². The summed E-state index contributed by atoms with van der Waals surface area (Å²) in [7, 11) is 0. The second-order valence-electron chi connectivity index (χ2n) is 3.07. The maximum atomic E-state index is 12.8. The molecule has 1 aromatic carbocycles. The highest BCUT2D eigenvalue weighted by Gasteiger charge is 2.15. The maximum Gasteiger partial charge on any atom is 0.313 e. The third kappa shape index (κ3) is 3.47. The summed E-state index contributed by atoms with van der Waals surface area (Å²) in [6.07, 6.45) is 0. The van der Waals surface area contributed by atoms with Gasteiger partial charge < -0.3 is 10.1 Å². The largest absolute Gasteiger partial charge is 0.485 e. The number of nitro groups is 1. The van der Waals surface area contributed by atoms with E-state index in [1.54, 1.807) is 0 Å². The lowest BCUT2D eigenvalue weighted by atomic mass is 10.3. The van der Waals surface area contributed by atoms with Gasteiger partial charge in [-0.3, -0.25) is 10.1 Å². The molecule has 6 heteroatoms. The topological polar surface area (TPSA) is 64.4 Å². The van der Waals surface area contributed by atoms with E-state index in [0.717, 1.165) is 18.7 Å². The summed E-state index contributed by atoms with van der Waals surface area (Å²) in [6, 6.07) is 3.25. The van der Waals surface area contributed by atoms with E-state index in [2.05, 4.69) is 5.32 Å². The zero-order valence-electron chi connectivity index (χ0n) is 8.90. The molecule has 0 saturated heterocycles. The molecule has 0 aliphatic carbocycles. The van der Waals surface area contributed by atoms with Crippen LogP contribution in [0.3, 0.4) is 0 Å². The van der Waals surface area contributed by atoms with Gasteiger partial charge in [-0.1, -0.05) is 6.92 Å². The van der Waals surface area contributed by atoms with Crippen LogP contribution >= 0.6 is 0 Å². The summed E-state index contributed by atoms with van der Waals surface area (Å²) in [5.41, 5.74) is -0.350. The molecule has 0 bridgehead atoms. The van der Waals surface area contributed by atoms with Crippen LogP contribution in [0.25, 0.3) is 0 Å². The standard InChI is InChI=1S/C10H13FN2O3/c1-2-12-5-6-16-10-4-3-8(11)7-9(10)13(14)15/h3-4,7,12H,2,5-6H2,1H3. The van der Waals surface area contributed by atoms with Crippen molar-refractivity contribution in [2.45, 2.75) is 6.92 Å². The highest BCUT2D eigenvalue weighted by molar-refractivity contribution is 5.46. The molecule has 1 aromatic rings. The summed E-state index contributed by atoms with van der Waals surface area (Å²) >= 11 is 0. The molecule has 0 fully saturated rings. The number of hydrogen-bond donors (Lipinski definition) is 1. The molecule has 0 aromatic heterocycles. The second kappa shape index (κ2) is 6.02. The monoisotopic (exact) mass is 228 g/mol. The molecular weight excluding hydrogens is 215 g/mol. The summed E-state index contributed by atoms with van der Waals surface area (Å²) < 4.78 is 18.0. The third-order valence-corrected chi connectivity index (χ3v) is 1.90. The van der Waals surface area contributed by atoms with Crippen LogP contribution in [0.15, 0.2) is 18.2 Å². The zero-order valence-corrected chi connectivity index (χ0v) is 8.90. The van der Waals surface area contributed by atoms with E-state index in [1.807, 2.05) is 6.92 Å². The van der Waals surface area contributed by atoms with E-state index in [4.69, 9.17) is 4.74 Å². The normalized spacial score (nSPS) is 10.1. The highest BCUT2D eigenvalue weighted by Crippen LogP contribution is 2.27. The van der Waals surface area contributed by atoms with Gasteiger partial charge in [0, 0.05) is 6.54 Å². The van der Waals surface area contributed by atoms with Crippen molar-refractivity contribution in [2.24, 2.45) is 0 Å². The summed E-state index contributed by atoms with van der Waals surface area (Å²) in [5.74, 6) is -0.560. The van der Waals surface area contributed by atoms with E-state index >= 15 is 0 Å². The van der Waals surface area contributed by atoms with Crippen LogP contribution in [-0.2, 0) is 0 Å². The average molecular weight is 228 g/mol. The van der Waals surface area contributed by atoms with Gasteiger partial charge in [0.05, 0.1) is 11.0 Å². The number of ether oxygens (including phenoxy) is 1. The van der Waals surface area contributed by atoms with Crippen molar-refractivity contribution in [2.75, 3.05) is 19.7 Å². The Kier molecular flexibility index (Phi) is 4.65. The van der Waals surface area contributed by atoms with E-state index < -0.39 is 10.7 Å². The number of nitro benzene ring substituents is 1. The first kappa shape index (κ1) is 12.4. The van der Waals surface area contributed by atoms with Crippen molar-refractivity contribution >= 4 is 5.69 Å². The Labute approximate surface area is 92.4 Å². The maximum absolute atomic E-state index is 12.8. The first-order chi connectivity index (χ1) is 7.65. The molecule has 0 aliphatic heterocycles. The van der Waals surface area contributed by atoms with E-state index in [9.17, 15) is 14.5 Å². The fourth-order valence-corrected chi connectivity index (χ4v) is 1.17. The lowest BCUT2D eigenvalue weighted by molar-refractivity contribution is -0.386. The van der Waals surface area contributed by atoms with Crippen molar-refractivity contribution in [1.82, 2.24) is 5.32 Å². The molecule has 0 unspecified atom stereocenters. The third-order valence-electron chi connectivity index (χ3n) is 1.90. The molecule has 16 heavy (non-hydrogen) atoms. The first-order valence-corrected chi connectivity index (χ1v) is 4.92. The molecule has 0 radical (unpaired) electrons. The molecule has 0 aliphatic rings. The zero-order chi connectivity index (χ0) is 12.0. The predicted octanol–water partition coefficient (Wildman–Crippen LogP) is 1.72. The van der Waals surface area contributed by atoms with Crippen LogP contribution in [0, 0.1) is 15.9 Å². The van der Waals surface area contributed by atoms with Crippen LogP contribution in [0.5, 0.6) is 5.75 Å². The molecule has 0 spiro atoms. The van der Waals surface area contributed by atoms with E-state index in [0.29, 0.717) is 13.2 Å². The fraction of sp³-hybridized carbons (Fsp3) is 0.400. The lowest BCUT2D eigenvalue weighted by Gasteiger charge is -2.06. The molecule has 5 nitrogen and oxygen atoms in total. The number of likely N-dealkylation sites (N-methyl/N-ethyl adjacent to an activating group) is 1. The van der Waals surface area contributed by atoms with Gasteiger partial charge in [-0.15, -0.1) is 0 Å². The Bertz CT molecular complexity index is 371. The number of nitrogens with zero attached hydrogens (tertiary/aromatic N) is 1. The van der Waals surface area contributed by atoms with Crippen molar-refractivity contribution < 1.29 is 14.1 Å². The Balaban J connectivity index is 2.67. The average Bonchev–Trinajstić information content (AvgIpc) is 2.26. The second-order valence-corrected chi connectivity index (χ2v) is 3.07. The summed E-state index contributed by atoms with van der Waals surface area (Å²) in [4.78, 5) is 9.95. The highest BCUT2D eigenvalue weighted by atomic mass is 19.1. The van der Waals surface area contributed by atoms with Gasteiger partial charge in [0.1, 0.15) is 12.4 Å². The molecule has 1 N–H and O–H groups in total. The number of halogens is 1. The molecule has 0 heterocycles. The van der Waals surface area contributed by atoms with Crippen LogP contribution in [0.4, 0.5) is 10.1 Å². The fourth-order valence-electron chi connectivity index (χ4n) is 1.17. The molecule has 0 amide bonds. The Morgan fingerprint density at radius 1 is 1.56 bits per heavy atom. The van der Waals surface area contributed by atoms with E-state index in [1.165, 1.54) is 6.07 Å². The van der Waals surface area contributed by atoms with Crippen molar-refractivity contribution in [3.8, 4) is 5.75 Å². The first-order valence-electron chi connectivity index (χ1n) is 4.92. The minimum atomic E-state index is -0.661. The number of nitrogens with one attached hydrogen (secondary N) is 1. The van der Waals surface area contributed by atoms with Crippen LogP contribution in [0.1, 0.15) is 6.92 Å². The van der Waals surface area contributed by atoms with Crippen LogP contribution < -0.4 is 10.1 Å². The lowest BCUT2D eigenvalue weighted by Crippen LogP contribution is -2.20. The van der Waals surface area contributed by atoms with Gasteiger partial charge in [-0.2, -0.15) is 0 Å².